The topological polar surface area (TPSA) is 41.4 Å². The van der Waals surface area contributed by atoms with Crippen molar-refractivity contribution in [2.45, 2.75) is 63.1 Å². The molecule has 0 radical (unpaired) electrons. The molecule has 4 atom stereocenters. The molecular formula is C23H32N4O. The number of amides is 1. The largest absolute Gasteiger partial charge is 0.337 e. The van der Waals surface area contributed by atoms with Gasteiger partial charge in [-0.15, -0.1) is 0 Å². The first-order chi connectivity index (χ1) is 13.6. The summed E-state index contributed by atoms with van der Waals surface area (Å²) in [5.74, 6) is 0.656. The first-order valence-corrected chi connectivity index (χ1v) is 10.7. The number of aromatic nitrogens is 2. The Hall–Kier alpha value is -2.14. The zero-order chi connectivity index (χ0) is 19.5. The molecule has 2 aliphatic rings. The molecule has 0 N–H and O–H groups in total. The van der Waals surface area contributed by atoms with Crippen molar-refractivity contribution >= 4 is 5.91 Å². The molecule has 2 aliphatic heterocycles. The minimum absolute atomic E-state index is 0.0861. The second kappa shape index (κ2) is 8.48. The van der Waals surface area contributed by atoms with E-state index in [0.29, 0.717) is 24.4 Å². The molecule has 2 aromatic rings. The molecule has 1 aromatic carbocycles. The Bertz CT molecular complexity index is 760. The van der Waals surface area contributed by atoms with E-state index in [4.69, 9.17) is 0 Å². The fourth-order valence-electron chi connectivity index (χ4n) is 5.17. The van der Waals surface area contributed by atoms with E-state index in [1.165, 1.54) is 24.8 Å². The average Bonchev–Trinajstić information content (AvgIpc) is 3.35. The van der Waals surface area contributed by atoms with Crippen molar-refractivity contribution < 1.29 is 4.79 Å². The van der Waals surface area contributed by atoms with Crippen LogP contribution in [-0.4, -0.2) is 57.7 Å². The molecule has 2 fully saturated rings. The van der Waals surface area contributed by atoms with Crippen LogP contribution in [0.5, 0.6) is 0 Å². The van der Waals surface area contributed by atoms with Crippen molar-refractivity contribution in [3.8, 4) is 0 Å². The van der Waals surface area contributed by atoms with Gasteiger partial charge in [0.15, 0.2) is 0 Å². The van der Waals surface area contributed by atoms with Gasteiger partial charge >= 0.3 is 0 Å². The zero-order valence-electron chi connectivity index (χ0n) is 17.1. The Kier molecular flexibility index (Phi) is 5.81. The van der Waals surface area contributed by atoms with Crippen LogP contribution >= 0.6 is 0 Å². The first kappa shape index (κ1) is 19.2. The number of likely N-dealkylation sites (N-methyl/N-ethyl adjacent to an activating group) is 1. The van der Waals surface area contributed by atoms with Crippen molar-refractivity contribution in [3.05, 3.63) is 54.4 Å². The minimum atomic E-state index is 0.0861. The molecule has 150 valence electrons. The third-order valence-electron chi connectivity index (χ3n) is 6.61. The number of likely N-dealkylation sites (tertiary alicyclic amines) is 2. The predicted octanol–water partition coefficient (Wildman–Crippen LogP) is 3.70. The smallest absolute Gasteiger partial charge is 0.225 e. The van der Waals surface area contributed by atoms with Gasteiger partial charge in [0, 0.05) is 43.4 Å². The van der Waals surface area contributed by atoms with Gasteiger partial charge in [0.2, 0.25) is 5.91 Å². The Morgan fingerprint density at radius 2 is 2.00 bits per heavy atom. The van der Waals surface area contributed by atoms with Crippen LogP contribution in [0.1, 0.15) is 56.6 Å². The number of rotatable bonds is 4. The van der Waals surface area contributed by atoms with Gasteiger partial charge in [-0.1, -0.05) is 43.2 Å². The van der Waals surface area contributed by atoms with Gasteiger partial charge in [0.25, 0.3) is 0 Å². The molecule has 0 bridgehead atoms. The van der Waals surface area contributed by atoms with Crippen LogP contribution in [0.4, 0.5) is 0 Å². The van der Waals surface area contributed by atoms with Gasteiger partial charge in [0.1, 0.15) is 0 Å². The second-order valence-electron chi connectivity index (χ2n) is 8.49. The Morgan fingerprint density at radius 3 is 2.75 bits per heavy atom. The maximum atomic E-state index is 13.4. The van der Waals surface area contributed by atoms with Crippen molar-refractivity contribution in [2.24, 2.45) is 0 Å². The zero-order valence-corrected chi connectivity index (χ0v) is 17.1. The summed E-state index contributed by atoms with van der Waals surface area (Å²) in [7, 11) is 2.25. The van der Waals surface area contributed by atoms with Gasteiger partial charge in [-0.3, -0.25) is 9.48 Å². The highest BCUT2D eigenvalue weighted by molar-refractivity contribution is 5.77. The lowest BCUT2D eigenvalue weighted by Gasteiger charge is -2.37. The van der Waals surface area contributed by atoms with Crippen molar-refractivity contribution in [1.82, 2.24) is 19.6 Å². The summed E-state index contributed by atoms with van der Waals surface area (Å²) in [5, 5.41) is 4.32. The highest BCUT2D eigenvalue weighted by atomic mass is 16.2. The van der Waals surface area contributed by atoms with E-state index in [1.54, 1.807) is 6.20 Å². The maximum Gasteiger partial charge on any atom is 0.225 e. The molecule has 1 aromatic heterocycles. The summed E-state index contributed by atoms with van der Waals surface area (Å²) >= 11 is 0. The number of benzene rings is 1. The molecule has 0 saturated carbocycles. The predicted molar refractivity (Wildman–Crippen MR) is 111 cm³/mol. The van der Waals surface area contributed by atoms with Gasteiger partial charge in [-0.2, -0.15) is 5.10 Å². The lowest BCUT2D eigenvalue weighted by Crippen LogP contribution is -2.48. The molecule has 5 nitrogen and oxygen atoms in total. The van der Waals surface area contributed by atoms with Gasteiger partial charge in [0.05, 0.1) is 6.04 Å². The van der Waals surface area contributed by atoms with Crippen molar-refractivity contribution in [2.75, 3.05) is 20.1 Å². The quantitative estimate of drug-likeness (QED) is 0.812. The summed E-state index contributed by atoms with van der Waals surface area (Å²) in [6.45, 7) is 4.03. The van der Waals surface area contributed by atoms with E-state index in [9.17, 15) is 4.79 Å². The number of hydrogen-bond donors (Lipinski definition) is 0. The Labute approximate surface area is 168 Å². The summed E-state index contributed by atoms with van der Waals surface area (Å²) in [5.41, 5.74) is 1.36. The molecule has 0 spiro atoms. The first-order valence-electron chi connectivity index (χ1n) is 10.7. The monoisotopic (exact) mass is 380 g/mol. The molecule has 3 heterocycles. The lowest BCUT2D eigenvalue weighted by molar-refractivity contribution is -0.133. The highest BCUT2D eigenvalue weighted by Crippen LogP contribution is 2.39. The van der Waals surface area contributed by atoms with E-state index >= 15 is 0 Å². The summed E-state index contributed by atoms with van der Waals surface area (Å²) in [4.78, 5) is 18.1. The number of hydrogen-bond acceptors (Lipinski definition) is 3. The van der Waals surface area contributed by atoms with E-state index in [-0.39, 0.29) is 11.9 Å². The van der Waals surface area contributed by atoms with Gasteiger partial charge in [-0.25, -0.2) is 0 Å². The van der Waals surface area contributed by atoms with Crippen LogP contribution in [0.25, 0.3) is 0 Å². The number of nitrogens with zero attached hydrogens (tertiary/aromatic N) is 4. The van der Waals surface area contributed by atoms with Crippen LogP contribution in [0.15, 0.2) is 48.8 Å². The average molecular weight is 381 g/mol. The van der Waals surface area contributed by atoms with Crippen LogP contribution in [0.2, 0.25) is 0 Å². The van der Waals surface area contributed by atoms with E-state index in [0.717, 1.165) is 19.5 Å². The third-order valence-corrected chi connectivity index (χ3v) is 6.61. The fraction of sp³-hybridized carbons (Fsp3) is 0.565. The number of carbonyl (C=O) groups is 1. The maximum absolute atomic E-state index is 13.4. The van der Waals surface area contributed by atoms with Crippen LogP contribution in [-0.2, 0) is 4.79 Å². The fourth-order valence-corrected chi connectivity index (χ4v) is 5.17. The number of fused-ring (bicyclic) bond motifs is 1. The normalized spacial score (nSPS) is 27.1. The molecule has 28 heavy (non-hydrogen) atoms. The van der Waals surface area contributed by atoms with Crippen molar-refractivity contribution in [1.29, 1.82) is 0 Å². The molecule has 1 amide bonds. The summed E-state index contributed by atoms with van der Waals surface area (Å²) in [6.07, 6.45) is 9.08. The molecular weight excluding hydrogens is 348 g/mol. The molecule has 0 unspecified atom stereocenters. The SMILES string of the molecule is C[C@@H](CC(=O)N1C[C@@H](c2ccccc2)[C@H]2[C@H]1CCCCCN2C)n1cccn1. The molecule has 5 heteroatoms. The number of carbonyl (C=O) groups excluding carboxylic acids is 1. The van der Waals surface area contributed by atoms with Crippen LogP contribution in [0.3, 0.4) is 0 Å². The Morgan fingerprint density at radius 1 is 1.18 bits per heavy atom. The lowest BCUT2D eigenvalue weighted by atomic mass is 9.87. The van der Waals surface area contributed by atoms with E-state index < -0.39 is 0 Å². The molecule has 0 aliphatic carbocycles. The van der Waals surface area contributed by atoms with Gasteiger partial charge in [-0.05, 0) is 45.0 Å². The highest BCUT2D eigenvalue weighted by Gasteiger charge is 2.46. The molecule has 4 rings (SSSR count). The third kappa shape index (κ3) is 3.86. The van der Waals surface area contributed by atoms with Crippen LogP contribution in [0, 0.1) is 0 Å². The minimum Gasteiger partial charge on any atom is -0.337 e. The second-order valence-corrected chi connectivity index (χ2v) is 8.49. The van der Waals surface area contributed by atoms with E-state index in [2.05, 4.69) is 59.2 Å². The van der Waals surface area contributed by atoms with Gasteiger partial charge < -0.3 is 9.80 Å². The summed E-state index contributed by atoms with van der Waals surface area (Å²) < 4.78 is 1.89. The Balaban J connectivity index is 1.58. The summed E-state index contributed by atoms with van der Waals surface area (Å²) in [6, 6.07) is 13.5. The van der Waals surface area contributed by atoms with Crippen LogP contribution < -0.4 is 0 Å². The molecule has 2 saturated heterocycles. The standard InChI is InChI=1S/C23H32N4O/c1-18(27-15-9-13-24-27)16-22(28)26-17-20(19-10-5-3-6-11-19)23-21(26)12-7-4-8-14-25(23)2/h3,5-6,9-11,13,15,18,20-21,23H,4,7-8,12,14,16-17H2,1-2H3/t18-,20-,21+,23-/m0/s1. The van der Waals surface area contributed by atoms with E-state index in [1.807, 2.05) is 16.9 Å². The van der Waals surface area contributed by atoms with Crippen molar-refractivity contribution in [3.63, 3.8) is 0 Å².